The second-order valence-electron chi connectivity index (χ2n) is 5.28. The van der Waals surface area contributed by atoms with Crippen LogP contribution in [0.5, 0.6) is 0 Å². The van der Waals surface area contributed by atoms with Gasteiger partial charge in [0.05, 0.1) is 11.8 Å². The predicted molar refractivity (Wildman–Crippen MR) is 87.3 cm³/mol. The van der Waals surface area contributed by atoms with E-state index in [0.717, 1.165) is 11.0 Å². The Bertz CT molecular complexity index is 841. The van der Waals surface area contributed by atoms with Crippen molar-refractivity contribution in [2.45, 2.75) is 19.9 Å². The van der Waals surface area contributed by atoms with Gasteiger partial charge in [0, 0.05) is 28.3 Å². The van der Waals surface area contributed by atoms with E-state index < -0.39 is 0 Å². The fourth-order valence-electron chi connectivity index (χ4n) is 2.21. The number of fused-ring (bicyclic) bond motifs is 1. The number of benzene rings is 1. The number of carbonyl (C=O) groups excluding carboxylic acids is 1. The van der Waals surface area contributed by atoms with Crippen molar-refractivity contribution in [1.82, 2.24) is 14.8 Å². The molecule has 22 heavy (non-hydrogen) atoms. The zero-order valence-electron chi connectivity index (χ0n) is 12.2. The number of nitrogens with one attached hydrogen (secondary N) is 1. The molecule has 112 valence electrons. The molecule has 1 amide bonds. The second kappa shape index (κ2) is 5.77. The molecule has 2 heterocycles. The topological polar surface area (TPSA) is 59.8 Å². The third kappa shape index (κ3) is 2.80. The smallest absolute Gasteiger partial charge is 0.257 e. The molecule has 3 rings (SSSR count). The van der Waals surface area contributed by atoms with Crippen molar-refractivity contribution in [2.75, 3.05) is 5.32 Å². The van der Waals surface area contributed by atoms with Crippen LogP contribution in [0.25, 0.3) is 11.0 Å². The van der Waals surface area contributed by atoms with Gasteiger partial charge in [-0.2, -0.15) is 5.10 Å². The SMILES string of the molecule is CC(C)n1ncc2cc(C(=O)Nc3cccc(Cl)c3)cnc21. The fourth-order valence-corrected chi connectivity index (χ4v) is 2.40. The summed E-state index contributed by atoms with van der Waals surface area (Å²) in [6.07, 6.45) is 3.28. The summed E-state index contributed by atoms with van der Waals surface area (Å²) in [5.41, 5.74) is 1.90. The maximum absolute atomic E-state index is 12.3. The highest BCUT2D eigenvalue weighted by Gasteiger charge is 2.12. The molecule has 0 unspecified atom stereocenters. The quantitative estimate of drug-likeness (QED) is 0.797. The number of pyridine rings is 1. The van der Waals surface area contributed by atoms with Crippen LogP contribution in [0, 0.1) is 0 Å². The summed E-state index contributed by atoms with van der Waals surface area (Å²) in [4.78, 5) is 16.6. The Labute approximate surface area is 132 Å². The van der Waals surface area contributed by atoms with Crippen LogP contribution in [-0.2, 0) is 0 Å². The van der Waals surface area contributed by atoms with Gasteiger partial charge < -0.3 is 5.32 Å². The number of anilines is 1. The van der Waals surface area contributed by atoms with Gasteiger partial charge in [0.2, 0.25) is 0 Å². The first-order valence-corrected chi connectivity index (χ1v) is 7.32. The van der Waals surface area contributed by atoms with Crippen LogP contribution in [0.4, 0.5) is 5.69 Å². The minimum Gasteiger partial charge on any atom is -0.322 e. The van der Waals surface area contributed by atoms with E-state index in [1.54, 1.807) is 42.7 Å². The first kappa shape index (κ1) is 14.5. The molecule has 0 spiro atoms. The van der Waals surface area contributed by atoms with E-state index in [4.69, 9.17) is 11.6 Å². The molecule has 1 aromatic carbocycles. The lowest BCUT2D eigenvalue weighted by atomic mass is 10.2. The normalized spacial score (nSPS) is 11.1. The van der Waals surface area contributed by atoms with Gasteiger partial charge in [-0.1, -0.05) is 17.7 Å². The van der Waals surface area contributed by atoms with Gasteiger partial charge in [-0.3, -0.25) is 4.79 Å². The van der Waals surface area contributed by atoms with Crippen molar-refractivity contribution < 1.29 is 4.79 Å². The Morgan fingerprint density at radius 1 is 1.27 bits per heavy atom. The highest BCUT2D eigenvalue weighted by atomic mass is 35.5. The van der Waals surface area contributed by atoms with Crippen molar-refractivity contribution in [3.05, 3.63) is 53.3 Å². The van der Waals surface area contributed by atoms with Crippen LogP contribution in [0.2, 0.25) is 5.02 Å². The van der Waals surface area contributed by atoms with E-state index in [1.807, 2.05) is 18.5 Å². The molecule has 0 atom stereocenters. The van der Waals surface area contributed by atoms with Crippen molar-refractivity contribution in [2.24, 2.45) is 0 Å². The van der Waals surface area contributed by atoms with Gasteiger partial charge >= 0.3 is 0 Å². The Balaban J connectivity index is 1.88. The molecule has 6 heteroatoms. The summed E-state index contributed by atoms with van der Waals surface area (Å²) in [5.74, 6) is -0.228. The molecule has 0 saturated carbocycles. The highest BCUT2D eigenvalue weighted by molar-refractivity contribution is 6.31. The van der Waals surface area contributed by atoms with E-state index >= 15 is 0 Å². The summed E-state index contributed by atoms with van der Waals surface area (Å²) in [6, 6.07) is 9.02. The molecule has 0 saturated heterocycles. The third-order valence-electron chi connectivity index (χ3n) is 3.27. The Hall–Kier alpha value is -2.40. The summed E-state index contributed by atoms with van der Waals surface area (Å²) in [6.45, 7) is 4.07. The molecule has 0 aliphatic heterocycles. The zero-order chi connectivity index (χ0) is 15.7. The molecule has 1 N–H and O–H groups in total. The molecule has 0 radical (unpaired) electrons. The van der Waals surface area contributed by atoms with Gasteiger partial charge in [0.1, 0.15) is 0 Å². The molecule has 5 nitrogen and oxygen atoms in total. The molecule has 0 fully saturated rings. The lowest BCUT2D eigenvalue weighted by Crippen LogP contribution is -2.12. The summed E-state index contributed by atoms with van der Waals surface area (Å²) in [5, 5.41) is 8.51. The minimum absolute atomic E-state index is 0.219. The number of carbonyl (C=O) groups is 1. The number of hydrogen-bond acceptors (Lipinski definition) is 3. The molecule has 0 bridgehead atoms. The number of hydrogen-bond donors (Lipinski definition) is 1. The van der Waals surface area contributed by atoms with Gasteiger partial charge in [0.25, 0.3) is 5.91 Å². The maximum Gasteiger partial charge on any atom is 0.257 e. The zero-order valence-corrected chi connectivity index (χ0v) is 13.0. The Morgan fingerprint density at radius 2 is 2.09 bits per heavy atom. The highest BCUT2D eigenvalue weighted by Crippen LogP contribution is 2.19. The van der Waals surface area contributed by atoms with Crippen LogP contribution in [0.3, 0.4) is 0 Å². The van der Waals surface area contributed by atoms with Gasteiger partial charge in [-0.15, -0.1) is 0 Å². The van der Waals surface area contributed by atoms with Crippen LogP contribution in [0.15, 0.2) is 42.7 Å². The van der Waals surface area contributed by atoms with Crippen LogP contribution in [-0.4, -0.2) is 20.7 Å². The molecule has 2 aromatic heterocycles. The summed E-state index contributed by atoms with van der Waals surface area (Å²) in [7, 11) is 0. The van der Waals surface area contributed by atoms with Crippen LogP contribution < -0.4 is 5.32 Å². The predicted octanol–water partition coefficient (Wildman–Crippen LogP) is 3.92. The van der Waals surface area contributed by atoms with E-state index in [9.17, 15) is 4.79 Å². The third-order valence-corrected chi connectivity index (χ3v) is 3.50. The van der Waals surface area contributed by atoms with Crippen molar-refractivity contribution in [3.8, 4) is 0 Å². The average molecular weight is 315 g/mol. The monoisotopic (exact) mass is 314 g/mol. The number of halogens is 1. The van der Waals surface area contributed by atoms with Gasteiger partial charge in [0.15, 0.2) is 5.65 Å². The summed E-state index contributed by atoms with van der Waals surface area (Å²) >= 11 is 5.91. The fraction of sp³-hybridized carbons (Fsp3) is 0.188. The number of rotatable bonds is 3. The second-order valence-corrected chi connectivity index (χ2v) is 5.72. The maximum atomic E-state index is 12.3. The van der Waals surface area contributed by atoms with Crippen molar-refractivity contribution in [1.29, 1.82) is 0 Å². The Morgan fingerprint density at radius 3 is 2.82 bits per heavy atom. The van der Waals surface area contributed by atoms with E-state index in [2.05, 4.69) is 15.4 Å². The number of nitrogens with zero attached hydrogens (tertiary/aromatic N) is 3. The van der Waals surface area contributed by atoms with Crippen molar-refractivity contribution in [3.63, 3.8) is 0 Å². The van der Waals surface area contributed by atoms with Crippen molar-refractivity contribution >= 4 is 34.2 Å². The lowest BCUT2D eigenvalue weighted by Gasteiger charge is -2.07. The lowest BCUT2D eigenvalue weighted by molar-refractivity contribution is 0.102. The standard InChI is InChI=1S/C16H15ClN4O/c1-10(2)21-15-11(9-19-21)6-12(8-18-15)16(22)20-14-5-3-4-13(17)7-14/h3-10H,1-2H3,(H,20,22). The van der Waals surface area contributed by atoms with Crippen LogP contribution >= 0.6 is 11.6 Å². The van der Waals surface area contributed by atoms with E-state index in [0.29, 0.717) is 16.3 Å². The molecule has 3 aromatic rings. The summed E-state index contributed by atoms with van der Waals surface area (Å²) < 4.78 is 1.83. The van der Waals surface area contributed by atoms with Gasteiger partial charge in [-0.05, 0) is 38.1 Å². The van der Waals surface area contributed by atoms with Gasteiger partial charge in [-0.25, -0.2) is 9.67 Å². The molecule has 0 aliphatic carbocycles. The first-order chi connectivity index (χ1) is 10.5. The largest absolute Gasteiger partial charge is 0.322 e. The average Bonchev–Trinajstić information content (AvgIpc) is 2.90. The van der Waals surface area contributed by atoms with Crippen LogP contribution in [0.1, 0.15) is 30.2 Å². The van der Waals surface area contributed by atoms with E-state index in [-0.39, 0.29) is 11.9 Å². The molecule has 0 aliphatic rings. The first-order valence-electron chi connectivity index (χ1n) is 6.95. The van der Waals surface area contributed by atoms with E-state index in [1.165, 1.54) is 0 Å². The molecular formula is C16H15ClN4O. The molecular weight excluding hydrogens is 300 g/mol. The number of amides is 1. The minimum atomic E-state index is -0.228. The number of aromatic nitrogens is 3. The Kier molecular flexibility index (Phi) is 3.81.